The number of aromatic nitrogens is 3. The molecule has 1 fully saturated rings. The fourth-order valence-corrected chi connectivity index (χ4v) is 3.75. The van der Waals surface area contributed by atoms with Crippen LogP contribution in [0.1, 0.15) is 34.9 Å². The van der Waals surface area contributed by atoms with Gasteiger partial charge in [-0.1, -0.05) is 18.2 Å². The third-order valence-corrected chi connectivity index (χ3v) is 5.17. The molecule has 8 heteroatoms. The highest BCUT2D eigenvalue weighted by molar-refractivity contribution is 5.95. The molecule has 1 aliphatic heterocycles. The fraction of sp³-hybridized carbons (Fsp3) is 0.316. The van der Waals surface area contributed by atoms with Crippen molar-refractivity contribution in [3.63, 3.8) is 0 Å². The largest absolute Gasteiger partial charge is 0.392 e. The monoisotopic (exact) mass is 366 g/mol. The highest BCUT2D eigenvalue weighted by Crippen LogP contribution is 2.31. The van der Waals surface area contributed by atoms with Crippen LogP contribution in [0.15, 0.2) is 36.7 Å². The van der Waals surface area contributed by atoms with Gasteiger partial charge in [0.1, 0.15) is 11.6 Å². The van der Waals surface area contributed by atoms with Gasteiger partial charge in [0.25, 0.3) is 5.91 Å². The molecule has 0 aliphatic carbocycles. The number of rotatable bonds is 4. The molecule has 2 aromatic heterocycles. The minimum absolute atomic E-state index is 0.0520. The maximum Gasteiger partial charge on any atom is 0.271 e. The Labute approximate surface area is 156 Å². The number of benzene rings is 1. The van der Waals surface area contributed by atoms with Gasteiger partial charge in [0.2, 0.25) is 0 Å². The Bertz CT molecular complexity index is 991. The molecule has 0 saturated carbocycles. The molecule has 3 aromatic rings. The van der Waals surface area contributed by atoms with Gasteiger partial charge in [0.05, 0.1) is 18.5 Å². The van der Waals surface area contributed by atoms with E-state index in [2.05, 4.69) is 9.88 Å². The lowest BCUT2D eigenvalue weighted by molar-refractivity contribution is 0.0997. The summed E-state index contributed by atoms with van der Waals surface area (Å²) in [7, 11) is 0. The molecule has 140 valence electrons. The van der Waals surface area contributed by atoms with Crippen LogP contribution >= 0.6 is 0 Å². The normalized spacial score (nSPS) is 15.4. The molecule has 0 unspecified atom stereocenters. The van der Waals surface area contributed by atoms with Crippen LogP contribution in [-0.2, 0) is 6.61 Å². The standard InChI is InChI=1S/C19H22N6O2/c20-17-16(18(21)27)22-11-25(17)14-5-7-24(8-6-14)19-13(10-26)9-12-3-1-2-4-15(12)23-19/h1-4,9,11,14,26H,5-8,10,20H2,(H2,21,27). The third kappa shape index (κ3) is 3.08. The number of hydrogen-bond donors (Lipinski definition) is 3. The number of hydrogen-bond acceptors (Lipinski definition) is 6. The van der Waals surface area contributed by atoms with Crippen molar-refractivity contribution in [1.82, 2.24) is 14.5 Å². The van der Waals surface area contributed by atoms with Gasteiger partial charge < -0.3 is 26.0 Å². The van der Waals surface area contributed by atoms with Gasteiger partial charge in [-0.25, -0.2) is 9.97 Å². The smallest absolute Gasteiger partial charge is 0.271 e. The van der Waals surface area contributed by atoms with E-state index in [4.69, 9.17) is 16.5 Å². The van der Waals surface area contributed by atoms with Crippen molar-refractivity contribution in [3.05, 3.63) is 47.9 Å². The van der Waals surface area contributed by atoms with Crippen molar-refractivity contribution in [1.29, 1.82) is 0 Å². The molecule has 1 saturated heterocycles. The summed E-state index contributed by atoms with van der Waals surface area (Å²) in [6, 6.07) is 10.0. The summed E-state index contributed by atoms with van der Waals surface area (Å²) in [6.07, 6.45) is 3.25. The van der Waals surface area contributed by atoms with Gasteiger partial charge in [-0.05, 0) is 25.0 Å². The third-order valence-electron chi connectivity index (χ3n) is 5.17. The van der Waals surface area contributed by atoms with E-state index in [9.17, 15) is 9.90 Å². The number of nitrogens with zero attached hydrogens (tertiary/aromatic N) is 4. The molecule has 1 aliphatic rings. The molecular weight excluding hydrogens is 344 g/mol. The van der Waals surface area contributed by atoms with Gasteiger partial charge in [-0.2, -0.15) is 0 Å². The number of primary amides is 1. The van der Waals surface area contributed by atoms with Crippen molar-refractivity contribution in [2.24, 2.45) is 5.73 Å². The number of nitrogens with two attached hydrogens (primary N) is 2. The van der Waals surface area contributed by atoms with E-state index in [-0.39, 0.29) is 18.3 Å². The van der Waals surface area contributed by atoms with E-state index in [0.29, 0.717) is 5.82 Å². The number of anilines is 2. The highest BCUT2D eigenvalue weighted by atomic mass is 16.3. The molecule has 1 aromatic carbocycles. The predicted molar refractivity (Wildman–Crippen MR) is 103 cm³/mol. The minimum Gasteiger partial charge on any atom is -0.392 e. The van der Waals surface area contributed by atoms with E-state index in [1.165, 1.54) is 0 Å². The summed E-state index contributed by atoms with van der Waals surface area (Å²) >= 11 is 0. The Morgan fingerprint density at radius 1 is 1.26 bits per heavy atom. The van der Waals surface area contributed by atoms with E-state index in [0.717, 1.165) is 48.2 Å². The second-order valence-corrected chi connectivity index (χ2v) is 6.79. The van der Waals surface area contributed by atoms with Gasteiger partial charge in [-0.15, -0.1) is 0 Å². The van der Waals surface area contributed by atoms with Crippen LogP contribution in [0.3, 0.4) is 0 Å². The zero-order chi connectivity index (χ0) is 19.0. The van der Waals surface area contributed by atoms with Crippen LogP contribution in [0.2, 0.25) is 0 Å². The van der Waals surface area contributed by atoms with Crippen LogP contribution in [0.25, 0.3) is 10.9 Å². The molecule has 8 nitrogen and oxygen atoms in total. The first kappa shape index (κ1) is 17.3. The Hall–Kier alpha value is -3.13. The predicted octanol–water partition coefficient (Wildman–Crippen LogP) is 1.45. The van der Waals surface area contributed by atoms with Gasteiger partial charge in [-0.3, -0.25) is 4.79 Å². The lowest BCUT2D eigenvalue weighted by Gasteiger charge is -2.34. The van der Waals surface area contributed by atoms with E-state index in [1.54, 1.807) is 6.33 Å². The first-order valence-electron chi connectivity index (χ1n) is 8.95. The van der Waals surface area contributed by atoms with Crippen molar-refractivity contribution < 1.29 is 9.90 Å². The number of carbonyl (C=O) groups is 1. The van der Waals surface area contributed by atoms with Crippen LogP contribution in [-0.4, -0.2) is 38.6 Å². The number of nitrogen functional groups attached to an aromatic ring is 1. The van der Waals surface area contributed by atoms with Crippen LogP contribution in [0.4, 0.5) is 11.6 Å². The molecule has 1 amide bonds. The highest BCUT2D eigenvalue weighted by Gasteiger charge is 2.26. The topological polar surface area (TPSA) is 123 Å². The van der Waals surface area contributed by atoms with Crippen LogP contribution in [0.5, 0.6) is 0 Å². The second kappa shape index (κ2) is 6.88. The van der Waals surface area contributed by atoms with E-state index in [1.807, 2.05) is 34.9 Å². The Morgan fingerprint density at radius 3 is 2.67 bits per heavy atom. The lowest BCUT2D eigenvalue weighted by atomic mass is 10.0. The number of piperidine rings is 1. The van der Waals surface area contributed by atoms with E-state index < -0.39 is 5.91 Å². The molecule has 27 heavy (non-hydrogen) atoms. The first-order chi connectivity index (χ1) is 13.1. The summed E-state index contributed by atoms with van der Waals surface area (Å²) in [5.41, 5.74) is 13.2. The number of fused-ring (bicyclic) bond motifs is 1. The average Bonchev–Trinajstić information content (AvgIpc) is 3.08. The molecular formula is C19H22N6O2. The molecule has 0 atom stereocenters. The number of para-hydroxylation sites is 1. The lowest BCUT2D eigenvalue weighted by Crippen LogP contribution is -2.36. The Kier molecular flexibility index (Phi) is 4.41. The maximum absolute atomic E-state index is 11.4. The number of pyridine rings is 1. The Morgan fingerprint density at radius 2 is 2.00 bits per heavy atom. The first-order valence-corrected chi connectivity index (χ1v) is 8.95. The summed E-state index contributed by atoms with van der Waals surface area (Å²) in [4.78, 5) is 22.4. The van der Waals surface area contributed by atoms with Gasteiger partial charge >= 0.3 is 0 Å². The molecule has 5 N–H and O–H groups in total. The number of amides is 1. The number of aliphatic hydroxyl groups excluding tert-OH is 1. The van der Waals surface area contributed by atoms with Crippen LogP contribution in [0, 0.1) is 0 Å². The van der Waals surface area contributed by atoms with Crippen molar-refractivity contribution in [2.75, 3.05) is 23.7 Å². The van der Waals surface area contributed by atoms with Gasteiger partial charge in [0, 0.05) is 30.1 Å². The number of aliphatic hydroxyl groups is 1. The van der Waals surface area contributed by atoms with Crippen molar-refractivity contribution in [3.8, 4) is 0 Å². The van der Waals surface area contributed by atoms with Crippen molar-refractivity contribution >= 4 is 28.4 Å². The SMILES string of the molecule is NC(=O)c1ncn(C2CCN(c3nc4ccccc4cc3CO)CC2)c1N. The zero-order valence-electron chi connectivity index (χ0n) is 14.9. The molecule has 0 spiro atoms. The Balaban J connectivity index is 1.56. The summed E-state index contributed by atoms with van der Waals surface area (Å²) in [5.74, 6) is 0.531. The zero-order valence-corrected chi connectivity index (χ0v) is 14.9. The number of carbonyl (C=O) groups excluding carboxylic acids is 1. The van der Waals surface area contributed by atoms with E-state index >= 15 is 0 Å². The molecule has 3 heterocycles. The average molecular weight is 366 g/mol. The molecule has 4 rings (SSSR count). The van der Waals surface area contributed by atoms with Crippen LogP contribution < -0.4 is 16.4 Å². The molecule has 0 radical (unpaired) electrons. The summed E-state index contributed by atoms with van der Waals surface area (Å²) < 4.78 is 1.83. The second-order valence-electron chi connectivity index (χ2n) is 6.79. The minimum atomic E-state index is -0.614. The maximum atomic E-state index is 11.4. The summed E-state index contributed by atoms with van der Waals surface area (Å²) in [5, 5.41) is 10.8. The molecule has 0 bridgehead atoms. The number of imidazole rings is 1. The van der Waals surface area contributed by atoms with Crippen molar-refractivity contribution in [2.45, 2.75) is 25.5 Å². The van der Waals surface area contributed by atoms with Gasteiger partial charge in [0.15, 0.2) is 5.69 Å². The fourth-order valence-electron chi connectivity index (χ4n) is 3.75. The summed E-state index contributed by atoms with van der Waals surface area (Å²) in [6.45, 7) is 1.49. The quantitative estimate of drug-likeness (QED) is 0.642.